The number of halogens is 1. The molecule has 0 spiro atoms. The number of aromatic nitrogens is 4. The first-order valence-corrected chi connectivity index (χ1v) is 11.3. The molecule has 0 bridgehead atoms. The fraction of sp³-hybridized carbons (Fsp3) is 0.292. The van der Waals surface area contributed by atoms with Crippen molar-refractivity contribution in [2.24, 2.45) is 0 Å². The molecule has 34 heavy (non-hydrogen) atoms. The van der Waals surface area contributed by atoms with E-state index in [1.165, 1.54) is 10.9 Å². The maximum absolute atomic E-state index is 10.4. The second-order valence-electron chi connectivity index (χ2n) is 8.15. The third kappa shape index (κ3) is 4.24. The van der Waals surface area contributed by atoms with E-state index in [1.54, 1.807) is 0 Å². The number of nitrogens with one attached hydrogen (secondary N) is 1. The van der Waals surface area contributed by atoms with Gasteiger partial charge in [0.15, 0.2) is 23.2 Å². The van der Waals surface area contributed by atoms with Crippen LogP contribution in [0.15, 0.2) is 67.0 Å². The molecule has 3 heterocycles. The number of aliphatic hydroxyl groups is 3. The van der Waals surface area contributed by atoms with Crippen LogP contribution < -0.4 is 5.32 Å². The Kier molecular flexibility index (Phi) is 6.44. The van der Waals surface area contributed by atoms with Crippen molar-refractivity contribution in [1.29, 1.82) is 0 Å². The summed E-state index contributed by atoms with van der Waals surface area (Å²) in [5.74, 6) is 0.492. The number of nitrogens with zero attached hydrogens (tertiary/aromatic N) is 4. The molecule has 2 unspecified atom stereocenters. The molecule has 4 atom stereocenters. The Morgan fingerprint density at radius 3 is 2.21 bits per heavy atom. The Bertz CT molecular complexity index is 1220. The zero-order chi connectivity index (χ0) is 23.7. The fourth-order valence-electron chi connectivity index (χ4n) is 4.31. The smallest absolute Gasteiger partial charge is 0.226 e. The Labute approximate surface area is 200 Å². The predicted octanol–water partition coefficient (Wildman–Crippen LogP) is 2.34. The van der Waals surface area contributed by atoms with Crippen LogP contribution >= 0.6 is 11.6 Å². The third-order valence-corrected chi connectivity index (χ3v) is 6.23. The first-order valence-electron chi connectivity index (χ1n) is 10.9. The van der Waals surface area contributed by atoms with Crippen molar-refractivity contribution in [3.05, 3.63) is 83.4 Å². The van der Waals surface area contributed by atoms with E-state index in [2.05, 4.69) is 44.5 Å². The molecular weight excluding hydrogens is 458 g/mol. The van der Waals surface area contributed by atoms with Gasteiger partial charge in [-0.05, 0) is 22.7 Å². The molecule has 1 aliphatic heterocycles. The first kappa shape index (κ1) is 22.7. The number of imidazole rings is 1. The van der Waals surface area contributed by atoms with Gasteiger partial charge in [0, 0.05) is 12.5 Å². The van der Waals surface area contributed by atoms with Crippen molar-refractivity contribution in [3.63, 3.8) is 0 Å². The molecule has 0 amide bonds. The number of anilines is 1. The predicted molar refractivity (Wildman–Crippen MR) is 127 cm³/mol. The first-order chi connectivity index (χ1) is 16.6. The molecule has 4 aromatic rings. The Morgan fingerprint density at radius 2 is 1.62 bits per heavy atom. The van der Waals surface area contributed by atoms with Gasteiger partial charge >= 0.3 is 0 Å². The molecule has 0 aliphatic carbocycles. The van der Waals surface area contributed by atoms with E-state index in [1.807, 2.05) is 36.4 Å². The highest BCUT2D eigenvalue weighted by Gasteiger charge is 2.44. The summed E-state index contributed by atoms with van der Waals surface area (Å²) in [7, 11) is 0. The number of aliphatic hydroxyl groups excluding tert-OH is 3. The molecule has 0 saturated carbocycles. The minimum Gasteiger partial charge on any atom is -0.394 e. The summed E-state index contributed by atoms with van der Waals surface area (Å²) in [6.45, 7) is 0.0987. The van der Waals surface area contributed by atoms with E-state index >= 15 is 0 Å². The lowest BCUT2D eigenvalue weighted by Gasteiger charge is -2.19. The number of rotatable bonds is 7. The van der Waals surface area contributed by atoms with E-state index < -0.39 is 31.1 Å². The summed E-state index contributed by atoms with van der Waals surface area (Å²) < 4.78 is 7.12. The molecule has 0 radical (unpaired) electrons. The van der Waals surface area contributed by atoms with Crippen molar-refractivity contribution < 1.29 is 20.1 Å². The van der Waals surface area contributed by atoms with Gasteiger partial charge in [0.25, 0.3) is 0 Å². The number of fused-ring (bicyclic) bond motifs is 1. The highest BCUT2D eigenvalue weighted by atomic mass is 35.5. The van der Waals surface area contributed by atoms with E-state index in [4.69, 9.17) is 16.3 Å². The average molecular weight is 482 g/mol. The number of ether oxygens (including phenoxy) is 1. The normalized spacial score (nSPS) is 22.5. The van der Waals surface area contributed by atoms with Crippen molar-refractivity contribution in [2.45, 2.75) is 30.5 Å². The third-order valence-electron chi connectivity index (χ3n) is 6.06. The van der Waals surface area contributed by atoms with Crippen LogP contribution in [-0.2, 0) is 4.74 Å². The quantitative estimate of drug-likeness (QED) is 0.296. The number of hydrogen-bond acceptors (Lipinski definition) is 8. The van der Waals surface area contributed by atoms with Gasteiger partial charge in [-0.2, -0.15) is 9.97 Å². The van der Waals surface area contributed by atoms with Gasteiger partial charge in [-0.3, -0.25) is 4.57 Å². The van der Waals surface area contributed by atoms with E-state index in [9.17, 15) is 15.3 Å². The molecule has 10 heteroatoms. The zero-order valence-electron chi connectivity index (χ0n) is 18.1. The van der Waals surface area contributed by atoms with Crippen LogP contribution in [0.2, 0.25) is 5.28 Å². The van der Waals surface area contributed by atoms with Crippen LogP contribution in [-0.4, -0.2) is 66.3 Å². The van der Waals surface area contributed by atoms with Crippen LogP contribution in [0.1, 0.15) is 23.3 Å². The van der Waals surface area contributed by atoms with Gasteiger partial charge in [-0.15, -0.1) is 0 Å². The highest BCUT2D eigenvalue weighted by molar-refractivity contribution is 6.28. The van der Waals surface area contributed by atoms with Crippen LogP contribution in [0.5, 0.6) is 0 Å². The SMILES string of the molecule is OC[C@H]1O[C@@H](n2cnc3c(NCC(c4ccccc4)c4ccccc4)nc(Cl)nc32)C(O)C1O. The molecule has 4 N–H and O–H groups in total. The Morgan fingerprint density at radius 1 is 0.971 bits per heavy atom. The summed E-state index contributed by atoms with van der Waals surface area (Å²) in [6.07, 6.45) is -2.94. The minimum absolute atomic E-state index is 0.000495. The summed E-state index contributed by atoms with van der Waals surface area (Å²) in [4.78, 5) is 13.0. The van der Waals surface area contributed by atoms with Gasteiger partial charge in [0.1, 0.15) is 18.3 Å². The molecule has 2 aromatic heterocycles. The van der Waals surface area contributed by atoms with Crippen LogP contribution in [0, 0.1) is 0 Å². The molecule has 9 nitrogen and oxygen atoms in total. The van der Waals surface area contributed by atoms with E-state index in [0.29, 0.717) is 23.5 Å². The van der Waals surface area contributed by atoms with Gasteiger partial charge < -0.3 is 25.4 Å². The number of hydrogen-bond donors (Lipinski definition) is 4. The lowest BCUT2D eigenvalue weighted by atomic mass is 9.91. The molecular formula is C24H24ClN5O4. The Balaban J connectivity index is 1.46. The lowest BCUT2D eigenvalue weighted by molar-refractivity contribution is -0.0511. The van der Waals surface area contributed by atoms with Gasteiger partial charge in [0.05, 0.1) is 12.9 Å². The van der Waals surface area contributed by atoms with Crippen LogP contribution in [0.25, 0.3) is 11.2 Å². The monoisotopic (exact) mass is 481 g/mol. The van der Waals surface area contributed by atoms with Crippen molar-refractivity contribution >= 4 is 28.6 Å². The zero-order valence-corrected chi connectivity index (χ0v) is 18.8. The van der Waals surface area contributed by atoms with Crippen molar-refractivity contribution in [2.75, 3.05) is 18.5 Å². The summed E-state index contributed by atoms with van der Waals surface area (Å²) in [5.41, 5.74) is 3.08. The van der Waals surface area contributed by atoms with Crippen molar-refractivity contribution in [1.82, 2.24) is 19.5 Å². The second-order valence-corrected chi connectivity index (χ2v) is 8.49. The van der Waals surface area contributed by atoms with Gasteiger partial charge in [-0.25, -0.2) is 4.98 Å². The molecule has 176 valence electrons. The van der Waals surface area contributed by atoms with Gasteiger partial charge in [-0.1, -0.05) is 60.7 Å². The molecule has 5 rings (SSSR count). The standard InChI is InChI=1S/C24H24ClN5O4/c25-24-28-21(26-11-16(14-7-3-1-4-8-14)15-9-5-2-6-10-15)18-22(29-24)30(13-27-18)23-20(33)19(32)17(12-31)34-23/h1-10,13,16-17,19-20,23,31-33H,11-12H2,(H,26,28,29)/t17-,19?,20?,23-/m1/s1. The number of benzene rings is 2. The summed E-state index contributed by atoms with van der Waals surface area (Å²) in [6, 6.07) is 20.3. The molecule has 2 aromatic carbocycles. The van der Waals surface area contributed by atoms with Crippen LogP contribution in [0.3, 0.4) is 0 Å². The minimum atomic E-state index is -1.26. The van der Waals surface area contributed by atoms with Gasteiger partial charge in [0.2, 0.25) is 5.28 Å². The summed E-state index contributed by atoms with van der Waals surface area (Å²) in [5, 5.41) is 33.3. The fourth-order valence-corrected chi connectivity index (χ4v) is 4.47. The van der Waals surface area contributed by atoms with Crippen LogP contribution in [0.4, 0.5) is 5.82 Å². The maximum Gasteiger partial charge on any atom is 0.226 e. The topological polar surface area (TPSA) is 126 Å². The molecule has 1 aliphatic rings. The average Bonchev–Trinajstić information content (AvgIpc) is 3.41. The molecule has 1 saturated heterocycles. The van der Waals surface area contributed by atoms with E-state index in [-0.39, 0.29) is 11.2 Å². The lowest BCUT2D eigenvalue weighted by Crippen LogP contribution is -2.33. The maximum atomic E-state index is 10.4. The van der Waals surface area contributed by atoms with E-state index in [0.717, 1.165) is 11.1 Å². The second kappa shape index (κ2) is 9.65. The highest BCUT2D eigenvalue weighted by Crippen LogP contribution is 2.33. The Hall–Kier alpha value is -3.08. The van der Waals surface area contributed by atoms with Crippen molar-refractivity contribution in [3.8, 4) is 0 Å². The largest absolute Gasteiger partial charge is 0.394 e. The summed E-state index contributed by atoms with van der Waals surface area (Å²) >= 11 is 6.23. The molecule has 1 fully saturated rings.